The minimum absolute atomic E-state index is 0.0971. The molecule has 52 heavy (non-hydrogen) atoms. The van der Waals surface area contributed by atoms with Gasteiger partial charge in [-0.25, -0.2) is 4.79 Å². The van der Waals surface area contributed by atoms with Gasteiger partial charge in [-0.05, 0) is 69.4 Å². The monoisotopic (exact) mass is 733 g/mol. The summed E-state index contributed by atoms with van der Waals surface area (Å²) in [6.45, 7) is 18.2. The molecule has 10 nitrogen and oxygen atoms in total. The summed E-state index contributed by atoms with van der Waals surface area (Å²) in [7, 11) is 0. The highest BCUT2D eigenvalue weighted by Crippen LogP contribution is 2.34. The lowest BCUT2D eigenvalue weighted by Gasteiger charge is -2.40. The Kier molecular flexibility index (Phi) is 17.4. The maximum Gasteiger partial charge on any atom is 0.410 e. The molecular formula is C42H72N2O8. The van der Waals surface area contributed by atoms with Crippen LogP contribution in [-0.4, -0.2) is 111 Å². The van der Waals surface area contributed by atoms with E-state index in [9.17, 15) is 30.0 Å². The molecule has 0 spiro atoms. The lowest BCUT2D eigenvalue weighted by Crippen LogP contribution is -2.52. The van der Waals surface area contributed by atoms with Crippen molar-refractivity contribution in [2.24, 2.45) is 23.2 Å². The molecule has 3 rings (SSSR count). The lowest BCUT2D eigenvalue weighted by atomic mass is 9.80. The summed E-state index contributed by atoms with van der Waals surface area (Å²) < 4.78 is 12.2. The summed E-state index contributed by atoms with van der Waals surface area (Å²) in [6.07, 6.45) is 14.3. The second-order valence-electron chi connectivity index (χ2n) is 17.1. The average molecular weight is 733 g/mol. The van der Waals surface area contributed by atoms with Crippen LogP contribution in [0.5, 0.6) is 0 Å². The van der Waals surface area contributed by atoms with E-state index in [1.807, 2.05) is 65.5 Å². The third-order valence-electron chi connectivity index (χ3n) is 12.1. The molecule has 2 heterocycles. The zero-order chi connectivity index (χ0) is 38.6. The maximum atomic E-state index is 13.6. The van der Waals surface area contributed by atoms with Gasteiger partial charge in [-0.15, -0.1) is 0 Å². The van der Waals surface area contributed by atoms with Crippen molar-refractivity contribution in [3.63, 3.8) is 0 Å². The van der Waals surface area contributed by atoms with Crippen LogP contribution in [0.4, 0.5) is 4.79 Å². The molecule has 0 radical (unpaired) electrons. The smallest absolute Gasteiger partial charge is 0.410 e. The van der Waals surface area contributed by atoms with Crippen molar-refractivity contribution < 1.29 is 39.5 Å². The van der Waals surface area contributed by atoms with Gasteiger partial charge in [0.2, 0.25) is 0 Å². The highest BCUT2D eigenvalue weighted by molar-refractivity contribution is 5.70. The highest BCUT2D eigenvalue weighted by atomic mass is 16.6. The number of nitrogens with zero attached hydrogens (tertiary/aromatic N) is 2. The van der Waals surface area contributed by atoms with Gasteiger partial charge in [0.15, 0.2) is 0 Å². The Bertz CT molecular complexity index is 1200. The number of allylic oxidation sites excluding steroid dienone is 2. The van der Waals surface area contributed by atoms with Gasteiger partial charge < -0.3 is 34.8 Å². The number of aliphatic hydroxyl groups excluding tert-OH is 3. The van der Waals surface area contributed by atoms with E-state index in [1.165, 1.54) is 38.5 Å². The van der Waals surface area contributed by atoms with Gasteiger partial charge in [-0.2, -0.15) is 0 Å². The first-order valence-corrected chi connectivity index (χ1v) is 20.1. The van der Waals surface area contributed by atoms with Gasteiger partial charge in [0.1, 0.15) is 12.2 Å². The first kappa shape index (κ1) is 44.2. The third-order valence-corrected chi connectivity index (χ3v) is 12.1. The Morgan fingerprint density at radius 1 is 1.04 bits per heavy atom. The molecule has 2 aliphatic heterocycles. The quantitative estimate of drug-likeness (QED) is 0.0806. The number of amides is 1. The fraction of sp³-hybridized carbons (Fsp3) is 0.810. The number of esters is 1. The number of hydrogen-bond donors (Lipinski definition) is 4. The van der Waals surface area contributed by atoms with Crippen LogP contribution >= 0.6 is 0 Å². The van der Waals surface area contributed by atoms with E-state index in [0.29, 0.717) is 38.4 Å². The van der Waals surface area contributed by atoms with Crippen molar-refractivity contribution in [1.29, 1.82) is 0 Å². The first-order chi connectivity index (χ1) is 24.4. The van der Waals surface area contributed by atoms with Crippen molar-refractivity contribution in [2.45, 2.75) is 168 Å². The number of ether oxygens (including phenoxy) is 2. The average Bonchev–Trinajstić information content (AvgIpc) is 3.39. The molecular weight excluding hydrogens is 660 g/mol. The van der Waals surface area contributed by atoms with Gasteiger partial charge >= 0.3 is 12.1 Å². The molecule has 3 aliphatic rings. The molecule has 9 unspecified atom stereocenters. The molecule has 298 valence electrons. The zero-order valence-electron chi connectivity index (χ0n) is 33.5. The van der Waals surface area contributed by atoms with Crippen molar-refractivity contribution in [2.75, 3.05) is 26.2 Å². The Balaban J connectivity index is 1.73. The van der Waals surface area contributed by atoms with Crippen LogP contribution in [0.15, 0.2) is 36.0 Å². The van der Waals surface area contributed by atoms with Crippen LogP contribution in [0.25, 0.3) is 0 Å². The second kappa shape index (κ2) is 20.4. The lowest BCUT2D eigenvalue weighted by molar-refractivity contribution is -0.151. The summed E-state index contributed by atoms with van der Waals surface area (Å²) in [4.78, 5) is 30.9. The van der Waals surface area contributed by atoms with Gasteiger partial charge in [0.25, 0.3) is 0 Å². The topological polar surface area (TPSA) is 140 Å². The molecule has 2 fully saturated rings. The van der Waals surface area contributed by atoms with E-state index in [2.05, 4.69) is 4.90 Å². The van der Waals surface area contributed by atoms with E-state index < -0.39 is 47.5 Å². The standard InChI is InChI=1S/C42H72N2O8/c1-9-35(46)31(4)32(5)36(47)28-42(8,50)21-14-15-29(2)39-30(3)18-19-37(41(6,7)22-20-34(45)27-38(48)52-39)51-40(49)44-25-23-43(24-26-44)33-16-12-10-11-13-17-33/h14-15,18-19,21,30-37,39,45-47,50H,9-13,16-17,20,22-28H2,1-8H3/b19-18+,21-14+,29-15+. The van der Waals surface area contributed by atoms with Gasteiger partial charge in [0.05, 0.1) is 30.3 Å². The van der Waals surface area contributed by atoms with Crippen molar-refractivity contribution >= 4 is 12.1 Å². The van der Waals surface area contributed by atoms with Crippen LogP contribution in [0.2, 0.25) is 0 Å². The number of rotatable bonds is 11. The summed E-state index contributed by atoms with van der Waals surface area (Å²) in [5.74, 6) is -1.11. The highest BCUT2D eigenvalue weighted by Gasteiger charge is 2.36. The maximum absolute atomic E-state index is 13.6. The molecule has 1 saturated carbocycles. The van der Waals surface area contributed by atoms with E-state index in [0.717, 1.165) is 18.7 Å². The molecule has 1 amide bonds. The summed E-state index contributed by atoms with van der Waals surface area (Å²) in [6, 6.07) is 0.613. The molecule has 4 N–H and O–H groups in total. The summed E-state index contributed by atoms with van der Waals surface area (Å²) in [5, 5.41) is 42.9. The molecule has 0 aromatic rings. The first-order valence-electron chi connectivity index (χ1n) is 20.1. The minimum atomic E-state index is -1.31. The largest absolute Gasteiger partial charge is 0.457 e. The van der Waals surface area contributed by atoms with Crippen LogP contribution in [-0.2, 0) is 14.3 Å². The molecule has 0 bridgehead atoms. The van der Waals surface area contributed by atoms with E-state index >= 15 is 0 Å². The van der Waals surface area contributed by atoms with E-state index in [1.54, 1.807) is 25.2 Å². The second-order valence-corrected chi connectivity index (χ2v) is 17.1. The third kappa shape index (κ3) is 13.6. The van der Waals surface area contributed by atoms with E-state index in [4.69, 9.17) is 9.47 Å². The van der Waals surface area contributed by atoms with Crippen LogP contribution < -0.4 is 0 Å². The van der Waals surface area contributed by atoms with Crippen molar-refractivity contribution in [3.8, 4) is 0 Å². The van der Waals surface area contributed by atoms with Crippen LogP contribution in [0.3, 0.4) is 0 Å². The minimum Gasteiger partial charge on any atom is -0.457 e. The van der Waals surface area contributed by atoms with E-state index in [-0.39, 0.29) is 36.7 Å². The Hall–Kier alpha value is -2.24. The Labute approximate surface area is 314 Å². The van der Waals surface area contributed by atoms with Gasteiger partial charge in [-0.1, -0.05) is 91.5 Å². The Morgan fingerprint density at radius 2 is 1.65 bits per heavy atom. The molecule has 10 heteroatoms. The van der Waals surface area contributed by atoms with Crippen molar-refractivity contribution in [3.05, 3.63) is 36.0 Å². The normalized spacial score (nSPS) is 30.5. The SMILES string of the molecule is CCC(O)C(C)C(C)C(O)CC(C)(O)/C=C/C=C(\C)C1OC(=O)CC(O)CCC(C)(C)C(OC(=O)N2CCN(C3CCCCCC3)CC2)/C=C/C1C. The summed E-state index contributed by atoms with van der Waals surface area (Å²) >= 11 is 0. The number of aliphatic hydroxyl groups is 4. The van der Waals surface area contributed by atoms with Gasteiger partial charge in [-0.3, -0.25) is 9.69 Å². The number of hydrogen-bond acceptors (Lipinski definition) is 9. The van der Waals surface area contributed by atoms with Crippen molar-refractivity contribution in [1.82, 2.24) is 9.80 Å². The number of cyclic esters (lactones) is 1. The van der Waals surface area contributed by atoms with Crippen LogP contribution in [0, 0.1) is 23.2 Å². The fourth-order valence-corrected chi connectivity index (χ4v) is 7.94. The number of carbonyl (C=O) groups is 2. The number of carbonyl (C=O) groups excluding carboxylic acids is 2. The summed E-state index contributed by atoms with van der Waals surface area (Å²) in [5.41, 5.74) is -1.08. The van der Waals surface area contributed by atoms with Crippen LogP contribution in [0.1, 0.15) is 126 Å². The predicted molar refractivity (Wildman–Crippen MR) is 205 cm³/mol. The Morgan fingerprint density at radius 3 is 2.27 bits per heavy atom. The fourth-order valence-electron chi connectivity index (χ4n) is 7.94. The molecule has 1 saturated heterocycles. The van der Waals surface area contributed by atoms with Gasteiger partial charge in [0, 0.05) is 50.0 Å². The zero-order valence-corrected chi connectivity index (χ0v) is 33.5. The molecule has 9 atom stereocenters. The molecule has 0 aromatic heterocycles. The number of piperazine rings is 1. The molecule has 1 aliphatic carbocycles. The predicted octanol–water partition coefficient (Wildman–Crippen LogP) is 6.55. The molecule has 0 aromatic carbocycles.